The summed E-state index contributed by atoms with van der Waals surface area (Å²) in [6.07, 6.45) is 0. The molecule has 58 valence electrons. The summed E-state index contributed by atoms with van der Waals surface area (Å²) >= 11 is 0. The zero-order chi connectivity index (χ0) is 0. The van der Waals surface area contributed by atoms with Crippen molar-refractivity contribution >= 4 is 0 Å². The molecule has 0 saturated carbocycles. The van der Waals surface area contributed by atoms with Gasteiger partial charge in [0.15, 0.2) is 0 Å². The third-order valence-electron chi connectivity index (χ3n) is 0. The van der Waals surface area contributed by atoms with Gasteiger partial charge in [-0.05, 0) is 0 Å². The third-order valence-corrected chi connectivity index (χ3v) is 0. The van der Waals surface area contributed by atoms with E-state index in [2.05, 4.69) is 0 Å². The Balaban J connectivity index is 0. The summed E-state index contributed by atoms with van der Waals surface area (Å²) in [6.45, 7) is 0. The molecule has 0 spiro atoms. The normalized spacial score (nSPS) is 0. The maximum absolute atomic E-state index is 0. The van der Waals surface area contributed by atoms with Crippen molar-refractivity contribution in [3.05, 3.63) is 0 Å². The molecule has 0 aliphatic carbocycles. The van der Waals surface area contributed by atoms with Gasteiger partial charge < -0.3 is 21.9 Å². The molecule has 0 aromatic rings. The number of hydrogen-bond acceptors (Lipinski definition) is 0. The van der Waals surface area contributed by atoms with E-state index in [-0.39, 0.29) is 72.5 Å². The molecule has 0 fully saturated rings. The molecule has 0 aliphatic rings. The second kappa shape index (κ2) is 159. The van der Waals surface area contributed by atoms with Gasteiger partial charge in [0.2, 0.25) is 0 Å². The molecule has 0 heterocycles. The van der Waals surface area contributed by atoms with Crippen molar-refractivity contribution in [3.8, 4) is 0 Å². The van der Waals surface area contributed by atoms with Crippen LogP contribution in [-0.4, -0.2) is 21.9 Å². The van der Waals surface area contributed by atoms with Gasteiger partial charge in [0, 0.05) is 50.6 Å². The smallest absolute Gasteiger partial charge is 0 e. The van der Waals surface area contributed by atoms with E-state index in [1.807, 2.05) is 0 Å². The van der Waals surface area contributed by atoms with E-state index in [4.69, 9.17) is 0 Å². The topological polar surface area (TPSA) is 126 Å². The second-order valence-corrected chi connectivity index (χ2v) is 0. The van der Waals surface area contributed by atoms with Crippen molar-refractivity contribution < 1.29 is 72.5 Å². The molecule has 0 unspecified atom stereocenters. The Labute approximate surface area is 72.5 Å². The summed E-state index contributed by atoms with van der Waals surface area (Å²) < 4.78 is 0. The van der Waals surface area contributed by atoms with E-state index in [0.29, 0.717) is 0 Å². The Hall–Kier alpha value is 1.37. The first-order valence-corrected chi connectivity index (χ1v) is 0. The van der Waals surface area contributed by atoms with Crippen LogP contribution < -0.4 is 0 Å². The van der Waals surface area contributed by atoms with Gasteiger partial charge in [0.05, 0.1) is 0 Å². The quantitative estimate of drug-likeness (QED) is 0.394. The average Bonchev–Trinajstić information content (AvgIpc) is 0. The Morgan fingerprint density at radius 3 is 0.429 bits per heavy atom. The first-order valence-electron chi connectivity index (χ1n) is 0. The molecule has 0 bridgehead atoms. The van der Waals surface area contributed by atoms with Crippen LogP contribution in [0.5, 0.6) is 0 Å². The molecule has 0 radical (unpaired) electrons. The molecule has 0 aromatic carbocycles. The Morgan fingerprint density at radius 2 is 0.429 bits per heavy atom. The number of hydrogen-bond donors (Lipinski definition) is 0. The minimum absolute atomic E-state index is 0. The third kappa shape index (κ3) is 113. The summed E-state index contributed by atoms with van der Waals surface area (Å²) in [5.41, 5.74) is 0. The van der Waals surface area contributed by atoms with E-state index >= 15 is 0 Å². The van der Waals surface area contributed by atoms with Gasteiger partial charge in [-0.3, -0.25) is 0 Å². The molecule has 0 saturated heterocycles. The standard InChI is InChI=1S/2Fe.Ni.4H2O/h;;;4*1H2. The predicted molar refractivity (Wildman–Crippen MR) is 14.5 cm³/mol. The molecule has 0 amide bonds. The van der Waals surface area contributed by atoms with Crippen molar-refractivity contribution in [2.45, 2.75) is 0 Å². The van der Waals surface area contributed by atoms with Crippen molar-refractivity contribution in [2.75, 3.05) is 0 Å². The largest absolute Gasteiger partial charge is 0.412 e. The molecule has 8 N–H and O–H groups in total. The molecular formula is H8Fe2NiO4. The van der Waals surface area contributed by atoms with Crippen LogP contribution in [0.3, 0.4) is 0 Å². The van der Waals surface area contributed by atoms with Crippen molar-refractivity contribution in [1.29, 1.82) is 0 Å². The van der Waals surface area contributed by atoms with Gasteiger partial charge >= 0.3 is 0 Å². The van der Waals surface area contributed by atoms with Crippen LogP contribution in [-0.2, 0) is 50.6 Å². The maximum Gasteiger partial charge on any atom is 0 e. The summed E-state index contributed by atoms with van der Waals surface area (Å²) in [5, 5.41) is 0. The van der Waals surface area contributed by atoms with Crippen molar-refractivity contribution in [3.63, 3.8) is 0 Å². The molecule has 0 aromatic heterocycles. The summed E-state index contributed by atoms with van der Waals surface area (Å²) in [6, 6.07) is 0. The molecule has 0 rings (SSSR count). The first-order chi connectivity index (χ1) is 0. The fourth-order valence-electron chi connectivity index (χ4n) is 0. The number of rotatable bonds is 0. The van der Waals surface area contributed by atoms with Crippen LogP contribution in [0.4, 0.5) is 0 Å². The molecular weight excluding hydrogens is 234 g/mol. The molecule has 0 aliphatic heterocycles. The van der Waals surface area contributed by atoms with Gasteiger partial charge in [0.25, 0.3) is 0 Å². The summed E-state index contributed by atoms with van der Waals surface area (Å²) in [7, 11) is 0. The van der Waals surface area contributed by atoms with E-state index in [9.17, 15) is 0 Å². The molecule has 4 nitrogen and oxygen atoms in total. The van der Waals surface area contributed by atoms with Crippen LogP contribution in [0.1, 0.15) is 0 Å². The molecule has 0 atom stereocenters. The Bertz CT molecular complexity index is 9.65. The van der Waals surface area contributed by atoms with Crippen molar-refractivity contribution in [2.24, 2.45) is 0 Å². The van der Waals surface area contributed by atoms with Gasteiger partial charge in [-0.2, -0.15) is 0 Å². The average molecular weight is 242 g/mol. The summed E-state index contributed by atoms with van der Waals surface area (Å²) in [4.78, 5) is 0. The second-order valence-electron chi connectivity index (χ2n) is 0. The molecule has 7 heteroatoms. The fourth-order valence-corrected chi connectivity index (χ4v) is 0. The van der Waals surface area contributed by atoms with Crippen molar-refractivity contribution in [1.82, 2.24) is 0 Å². The van der Waals surface area contributed by atoms with E-state index < -0.39 is 0 Å². The zero-order valence-electron chi connectivity index (χ0n) is 3.02. The van der Waals surface area contributed by atoms with Gasteiger partial charge in [-0.25, -0.2) is 0 Å². The van der Waals surface area contributed by atoms with Crippen LogP contribution in [0, 0.1) is 0 Å². The zero-order valence-corrected chi connectivity index (χ0v) is 6.22. The maximum atomic E-state index is 0. The Kier molecular flexibility index (Phi) is 5490. The summed E-state index contributed by atoms with van der Waals surface area (Å²) in [5.74, 6) is 0. The van der Waals surface area contributed by atoms with Gasteiger partial charge in [-0.1, -0.05) is 0 Å². The van der Waals surface area contributed by atoms with E-state index in [1.165, 1.54) is 0 Å². The van der Waals surface area contributed by atoms with Gasteiger partial charge in [-0.15, -0.1) is 0 Å². The van der Waals surface area contributed by atoms with Crippen LogP contribution in [0.2, 0.25) is 0 Å². The first kappa shape index (κ1) is 242. The minimum Gasteiger partial charge on any atom is -0.412 e. The van der Waals surface area contributed by atoms with Gasteiger partial charge in [0.1, 0.15) is 0 Å². The van der Waals surface area contributed by atoms with Crippen LogP contribution in [0.25, 0.3) is 0 Å². The van der Waals surface area contributed by atoms with Crippen LogP contribution in [0.15, 0.2) is 0 Å². The van der Waals surface area contributed by atoms with E-state index in [0.717, 1.165) is 0 Å². The monoisotopic (exact) mass is 242 g/mol. The SMILES string of the molecule is O.O.O.O.[Fe].[Fe].[Ni]. The van der Waals surface area contributed by atoms with Crippen LogP contribution >= 0.6 is 0 Å². The Morgan fingerprint density at radius 1 is 0.429 bits per heavy atom. The molecule has 7 heavy (non-hydrogen) atoms. The fraction of sp³-hybridized carbons (Fsp3) is 0. The van der Waals surface area contributed by atoms with E-state index in [1.54, 1.807) is 0 Å². The predicted octanol–water partition coefficient (Wildman–Crippen LogP) is -3.31. The minimum atomic E-state index is 0.